The zero-order valence-corrected chi connectivity index (χ0v) is 19.6. The fourth-order valence-corrected chi connectivity index (χ4v) is 3.35. The second kappa shape index (κ2) is 12.1. The summed E-state index contributed by atoms with van der Waals surface area (Å²) in [6, 6.07) is 22.8. The summed E-state index contributed by atoms with van der Waals surface area (Å²) in [5.41, 5.74) is 6.15. The molecule has 8 heteroatoms. The number of carbonyl (C=O) groups excluding carboxylic acids is 4. The molecule has 8 nitrogen and oxygen atoms in total. The van der Waals surface area contributed by atoms with Crippen molar-refractivity contribution in [2.75, 3.05) is 5.32 Å². The SMILES string of the molecule is CC[C@H](C)[C@@H](NC(=O)c1ccccc1NC(=O)c1ccccc1)C(=O)NNC(=O)c1ccccc1. The first kappa shape index (κ1) is 25.2. The van der Waals surface area contributed by atoms with E-state index in [9.17, 15) is 19.2 Å². The van der Waals surface area contributed by atoms with Crippen molar-refractivity contribution < 1.29 is 19.2 Å². The van der Waals surface area contributed by atoms with Crippen LogP contribution in [-0.4, -0.2) is 29.7 Å². The second-order valence-corrected chi connectivity index (χ2v) is 8.01. The number of hydrogen-bond donors (Lipinski definition) is 4. The van der Waals surface area contributed by atoms with Crippen molar-refractivity contribution in [2.24, 2.45) is 5.92 Å². The van der Waals surface area contributed by atoms with Crippen LogP contribution in [0.2, 0.25) is 0 Å². The zero-order chi connectivity index (χ0) is 25.2. The maximum atomic E-state index is 13.1. The van der Waals surface area contributed by atoms with Crippen molar-refractivity contribution in [1.29, 1.82) is 0 Å². The number of rotatable bonds is 8. The van der Waals surface area contributed by atoms with Gasteiger partial charge in [-0.3, -0.25) is 30.0 Å². The van der Waals surface area contributed by atoms with Crippen molar-refractivity contribution in [3.8, 4) is 0 Å². The molecule has 0 fully saturated rings. The lowest BCUT2D eigenvalue weighted by Crippen LogP contribution is -2.54. The van der Waals surface area contributed by atoms with Gasteiger partial charge in [0.15, 0.2) is 0 Å². The third-order valence-corrected chi connectivity index (χ3v) is 5.57. The Morgan fingerprint density at radius 1 is 0.686 bits per heavy atom. The van der Waals surface area contributed by atoms with Crippen molar-refractivity contribution in [1.82, 2.24) is 16.2 Å². The number of para-hydroxylation sites is 1. The predicted molar refractivity (Wildman–Crippen MR) is 134 cm³/mol. The van der Waals surface area contributed by atoms with Gasteiger partial charge in [0, 0.05) is 11.1 Å². The highest BCUT2D eigenvalue weighted by Crippen LogP contribution is 2.18. The quantitative estimate of drug-likeness (QED) is 0.375. The number of amides is 4. The highest BCUT2D eigenvalue weighted by atomic mass is 16.2. The van der Waals surface area contributed by atoms with E-state index >= 15 is 0 Å². The van der Waals surface area contributed by atoms with Gasteiger partial charge in [-0.2, -0.15) is 0 Å². The monoisotopic (exact) mass is 472 g/mol. The van der Waals surface area contributed by atoms with E-state index in [0.717, 1.165) is 0 Å². The molecule has 0 saturated heterocycles. The minimum absolute atomic E-state index is 0.214. The number of hydrazine groups is 1. The molecule has 0 aliphatic carbocycles. The molecular weight excluding hydrogens is 444 g/mol. The largest absolute Gasteiger partial charge is 0.340 e. The lowest BCUT2D eigenvalue weighted by molar-refractivity contribution is -0.124. The lowest BCUT2D eigenvalue weighted by Gasteiger charge is -2.24. The Morgan fingerprint density at radius 3 is 1.83 bits per heavy atom. The molecule has 0 unspecified atom stereocenters. The Labute approximate surface area is 204 Å². The number of hydrogen-bond acceptors (Lipinski definition) is 4. The highest BCUT2D eigenvalue weighted by molar-refractivity contribution is 6.09. The summed E-state index contributed by atoms with van der Waals surface area (Å²) in [6.45, 7) is 3.72. The van der Waals surface area contributed by atoms with Crippen LogP contribution >= 0.6 is 0 Å². The maximum Gasteiger partial charge on any atom is 0.269 e. The molecule has 2 atom stereocenters. The van der Waals surface area contributed by atoms with Crippen LogP contribution in [0, 0.1) is 5.92 Å². The molecule has 180 valence electrons. The fraction of sp³-hybridized carbons (Fsp3) is 0.185. The van der Waals surface area contributed by atoms with E-state index in [1.54, 1.807) is 84.9 Å². The Morgan fingerprint density at radius 2 is 1.23 bits per heavy atom. The normalized spacial score (nSPS) is 12.1. The molecule has 0 aliphatic rings. The summed E-state index contributed by atoms with van der Waals surface area (Å²) in [5, 5.41) is 5.50. The third-order valence-electron chi connectivity index (χ3n) is 5.57. The van der Waals surface area contributed by atoms with E-state index in [-0.39, 0.29) is 17.4 Å². The molecule has 0 bridgehead atoms. The second-order valence-electron chi connectivity index (χ2n) is 8.01. The van der Waals surface area contributed by atoms with Crippen LogP contribution in [0.4, 0.5) is 5.69 Å². The molecule has 35 heavy (non-hydrogen) atoms. The third kappa shape index (κ3) is 6.77. The first-order chi connectivity index (χ1) is 16.9. The Bertz CT molecular complexity index is 1180. The minimum atomic E-state index is -0.915. The van der Waals surface area contributed by atoms with Crippen molar-refractivity contribution in [3.05, 3.63) is 102 Å². The van der Waals surface area contributed by atoms with E-state index in [1.807, 2.05) is 13.8 Å². The molecule has 0 aliphatic heterocycles. The molecule has 3 aromatic rings. The van der Waals surface area contributed by atoms with E-state index in [0.29, 0.717) is 23.2 Å². The molecule has 4 amide bonds. The average Bonchev–Trinajstić information content (AvgIpc) is 2.90. The lowest BCUT2D eigenvalue weighted by atomic mass is 9.98. The molecule has 0 spiro atoms. The fourth-order valence-electron chi connectivity index (χ4n) is 3.35. The van der Waals surface area contributed by atoms with Crippen molar-refractivity contribution in [3.63, 3.8) is 0 Å². The van der Waals surface area contributed by atoms with Crippen molar-refractivity contribution >= 4 is 29.3 Å². The van der Waals surface area contributed by atoms with Gasteiger partial charge < -0.3 is 10.6 Å². The maximum absolute atomic E-state index is 13.1. The Hall–Kier alpha value is -4.46. The summed E-state index contributed by atoms with van der Waals surface area (Å²) >= 11 is 0. The van der Waals surface area contributed by atoms with Gasteiger partial charge in [-0.25, -0.2) is 0 Å². The first-order valence-corrected chi connectivity index (χ1v) is 11.3. The molecule has 0 saturated carbocycles. The summed E-state index contributed by atoms with van der Waals surface area (Å²) in [6.07, 6.45) is 0.609. The number of nitrogens with one attached hydrogen (secondary N) is 4. The molecule has 4 N–H and O–H groups in total. The highest BCUT2D eigenvalue weighted by Gasteiger charge is 2.27. The minimum Gasteiger partial charge on any atom is -0.340 e. The van der Waals surface area contributed by atoms with Gasteiger partial charge in [-0.15, -0.1) is 0 Å². The van der Waals surface area contributed by atoms with E-state index < -0.39 is 23.8 Å². The van der Waals surface area contributed by atoms with Gasteiger partial charge >= 0.3 is 0 Å². The Kier molecular flexibility index (Phi) is 8.72. The average molecular weight is 473 g/mol. The summed E-state index contributed by atoms with van der Waals surface area (Å²) < 4.78 is 0. The molecular formula is C27H28N4O4. The number of benzene rings is 3. The number of anilines is 1. The van der Waals surface area contributed by atoms with Crippen LogP contribution in [-0.2, 0) is 4.79 Å². The van der Waals surface area contributed by atoms with Gasteiger partial charge in [0.2, 0.25) is 0 Å². The molecule has 0 aromatic heterocycles. The van der Waals surface area contributed by atoms with E-state index in [4.69, 9.17) is 0 Å². The van der Waals surface area contributed by atoms with Crippen LogP contribution in [0.3, 0.4) is 0 Å². The number of carbonyl (C=O) groups is 4. The van der Waals surface area contributed by atoms with Crippen LogP contribution in [0.1, 0.15) is 51.3 Å². The zero-order valence-electron chi connectivity index (χ0n) is 19.6. The van der Waals surface area contributed by atoms with Crippen LogP contribution in [0.25, 0.3) is 0 Å². The molecule has 3 aromatic carbocycles. The first-order valence-electron chi connectivity index (χ1n) is 11.3. The molecule has 0 heterocycles. The van der Waals surface area contributed by atoms with Crippen LogP contribution in [0.15, 0.2) is 84.9 Å². The summed E-state index contributed by atoms with van der Waals surface area (Å²) in [7, 11) is 0. The Balaban J connectivity index is 1.71. The summed E-state index contributed by atoms with van der Waals surface area (Å²) in [4.78, 5) is 50.9. The smallest absolute Gasteiger partial charge is 0.269 e. The van der Waals surface area contributed by atoms with Crippen molar-refractivity contribution in [2.45, 2.75) is 26.3 Å². The van der Waals surface area contributed by atoms with E-state index in [2.05, 4.69) is 21.5 Å². The van der Waals surface area contributed by atoms with Gasteiger partial charge in [0.1, 0.15) is 6.04 Å². The molecule has 3 rings (SSSR count). The van der Waals surface area contributed by atoms with Gasteiger partial charge in [-0.05, 0) is 42.3 Å². The molecule has 0 radical (unpaired) electrons. The van der Waals surface area contributed by atoms with Gasteiger partial charge in [0.05, 0.1) is 11.3 Å². The predicted octanol–water partition coefficient (Wildman–Crippen LogP) is 3.54. The van der Waals surface area contributed by atoms with E-state index in [1.165, 1.54) is 0 Å². The van der Waals surface area contributed by atoms with Crippen LogP contribution < -0.4 is 21.5 Å². The van der Waals surface area contributed by atoms with Crippen LogP contribution in [0.5, 0.6) is 0 Å². The van der Waals surface area contributed by atoms with Gasteiger partial charge in [-0.1, -0.05) is 68.8 Å². The standard InChI is InChI=1S/C27H28N4O4/c1-3-18(2)23(27(35)31-30-25(33)20-14-8-5-9-15-20)29-26(34)21-16-10-11-17-22(21)28-24(32)19-12-6-4-7-13-19/h4-18,23H,3H2,1-2H3,(H,28,32)(H,29,34)(H,30,33)(H,31,35)/t18-,23+/m0/s1. The summed E-state index contributed by atoms with van der Waals surface area (Å²) in [5.74, 6) is -2.13. The topological polar surface area (TPSA) is 116 Å². The van der Waals surface area contributed by atoms with Gasteiger partial charge in [0.25, 0.3) is 23.6 Å².